The van der Waals surface area contributed by atoms with Crippen LogP contribution < -0.4 is 10.5 Å². The zero-order valence-electron chi connectivity index (χ0n) is 14.1. The van der Waals surface area contributed by atoms with Crippen LogP contribution in [0.3, 0.4) is 0 Å². The smallest absolute Gasteiger partial charge is 0.243 e. The molecule has 3 N–H and O–H groups in total. The largest absolute Gasteiger partial charge is 0.381 e. The molecule has 2 heterocycles. The maximum absolute atomic E-state index is 12.7. The van der Waals surface area contributed by atoms with Gasteiger partial charge in [0.2, 0.25) is 10.0 Å². The van der Waals surface area contributed by atoms with Crippen molar-refractivity contribution in [3.05, 3.63) is 12.4 Å². The number of nitrogens with one attached hydrogen (secondary N) is 1. The zero-order chi connectivity index (χ0) is 17.0. The van der Waals surface area contributed by atoms with Gasteiger partial charge in [-0.2, -0.15) is 5.10 Å². The first kappa shape index (κ1) is 17.8. The van der Waals surface area contributed by atoms with Crippen LogP contribution >= 0.6 is 0 Å². The van der Waals surface area contributed by atoms with Crippen molar-refractivity contribution >= 4 is 10.0 Å². The summed E-state index contributed by atoms with van der Waals surface area (Å²) in [6.45, 7) is 1.72. The van der Waals surface area contributed by atoms with E-state index in [4.69, 9.17) is 10.5 Å². The Morgan fingerprint density at radius 3 is 2.62 bits per heavy atom. The third-order valence-corrected chi connectivity index (χ3v) is 6.68. The van der Waals surface area contributed by atoms with Gasteiger partial charge >= 0.3 is 0 Å². The lowest BCUT2D eigenvalue weighted by atomic mass is 9.84. The topological polar surface area (TPSA) is 99.2 Å². The van der Waals surface area contributed by atoms with Crippen molar-refractivity contribution in [2.75, 3.05) is 19.8 Å². The van der Waals surface area contributed by atoms with E-state index in [1.165, 1.54) is 12.6 Å². The summed E-state index contributed by atoms with van der Waals surface area (Å²) in [5.74, 6) is 0.337. The van der Waals surface area contributed by atoms with E-state index in [-0.39, 0.29) is 17.0 Å². The van der Waals surface area contributed by atoms with Crippen molar-refractivity contribution in [2.24, 2.45) is 11.7 Å². The lowest BCUT2D eigenvalue weighted by molar-refractivity contribution is 0.0662. The fourth-order valence-corrected chi connectivity index (χ4v) is 5.01. The van der Waals surface area contributed by atoms with E-state index in [1.807, 2.05) is 0 Å². The maximum atomic E-state index is 12.7. The molecule has 1 saturated carbocycles. The van der Waals surface area contributed by atoms with Gasteiger partial charge in [-0.1, -0.05) is 19.3 Å². The number of nitrogens with two attached hydrogens (primary N) is 1. The summed E-state index contributed by atoms with van der Waals surface area (Å²) in [5.41, 5.74) is 5.85. The molecule has 8 heteroatoms. The van der Waals surface area contributed by atoms with E-state index in [0.717, 1.165) is 38.5 Å². The summed E-state index contributed by atoms with van der Waals surface area (Å²) in [6, 6.07) is 0.0214. The molecule has 0 radical (unpaired) electrons. The Labute approximate surface area is 144 Å². The second kappa shape index (κ2) is 7.95. The Morgan fingerprint density at radius 1 is 1.25 bits per heavy atom. The van der Waals surface area contributed by atoms with Crippen molar-refractivity contribution < 1.29 is 13.2 Å². The Morgan fingerprint density at radius 2 is 1.96 bits per heavy atom. The van der Waals surface area contributed by atoms with Gasteiger partial charge in [-0.05, 0) is 31.6 Å². The van der Waals surface area contributed by atoms with Crippen LogP contribution in [0.4, 0.5) is 0 Å². The fraction of sp³-hybridized carbons (Fsp3) is 0.812. The summed E-state index contributed by atoms with van der Waals surface area (Å²) in [6.07, 6.45) is 10.4. The van der Waals surface area contributed by atoms with Gasteiger partial charge in [-0.25, -0.2) is 13.1 Å². The molecule has 3 rings (SSSR count). The molecule has 1 aromatic heterocycles. The monoisotopic (exact) mass is 356 g/mol. The molecule has 1 saturated heterocycles. The Kier molecular flexibility index (Phi) is 5.91. The molecule has 1 unspecified atom stereocenters. The molecular weight excluding hydrogens is 328 g/mol. The number of sulfonamides is 1. The molecule has 24 heavy (non-hydrogen) atoms. The van der Waals surface area contributed by atoms with Crippen LogP contribution in [0.1, 0.15) is 51.0 Å². The number of aromatic nitrogens is 2. The van der Waals surface area contributed by atoms with Crippen molar-refractivity contribution in [2.45, 2.75) is 61.9 Å². The molecule has 2 fully saturated rings. The highest BCUT2D eigenvalue weighted by molar-refractivity contribution is 7.89. The van der Waals surface area contributed by atoms with Crippen molar-refractivity contribution in [3.8, 4) is 0 Å². The molecule has 7 nitrogen and oxygen atoms in total. The minimum atomic E-state index is -3.58. The van der Waals surface area contributed by atoms with Crippen LogP contribution in [-0.2, 0) is 14.8 Å². The van der Waals surface area contributed by atoms with Crippen molar-refractivity contribution in [3.63, 3.8) is 0 Å². The van der Waals surface area contributed by atoms with E-state index >= 15 is 0 Å². The van der Waals surface area contributed by atoms with Crippen LogP contribution in [0, 0.1) is 5.92 Å². The third kappa shape index (κ3) is 4.17. The van der Waals surface area contributed by atoms with Gasteiger partial charge in [-0.15, -0.1) is 0 Å². The first-order chi connectivity index (χ1) is 11.6. The number of hydrogen-bond acceptors (Lipinski definition) is 5. The molecule has 136 valence electrons. The predicted octanol–water partition coefficient (Wildman–Crippen LogP) is 1.42. The highest BCUT2D eigenvalue weighted by atomic mass is 32.2. The molecule has 1 aromatic rings. The lowest BCUT2D eigenvalue weighted by Crippen LogP contribution is -2.45. The van der Waals surface area contributed by atoms with Gasteiger partial charge in [0, 0.05) is 32.0 Å². The standard InChI is InChI=1S/C16H28N4O3S/c17-10-16(13-4-2-1-3-5-13)19-24(21,22)15-11-18-20(12-15)14-6-8-23-9-7-14/h11-14,16,19H,1-10,17H2. The lowest BCUT2D eigenvalue weighted by Gasteiger charge is -2.29. The predicted molar refractivity (Wildman–Crippen MR) is 91.1 cm³/mol. The number of nitrogens with zero attached hydrogens (tertiary/aromatic N) is 2. The van der Waals surface area contributed by atoms with E-state index in [2.05, 4.69) is 9.82 Å². The van der Waals surface area contributed by atoms with E-state index in [0.29, 0.717) is 25.7 Å². The zero-order valence-corrected chi connectivity index (χ0v) is 14.9. The van der Waals surface area contributed by atoms with Crippen LogP contribution in [-0.4, -0.2) is 44.0 Å². The minimum Gasteiger partial charge on any atom is -0.381 e. The van der Waals surface area contributed by atoms with E-state index < -0.39 is 10.0 Å². The summed E-state index contributed by atoms with van der Waals surface area (Å²) < 4.78 is 35.3. The average Bonchev–Trinajstić information content (AvgIpc) is 3.12. The SMILES string of the molecule is NCC(NS(=O)(=O)c1cnn(C2CCOCC2)c1)C1CCCCC1. The Bertz CT molecular complexity index is 619. The summed E-state index contributed by atoms with van der Waals surface area (Å²) >= 11 is 0. The quantitative estimate of drug-likeness (QED) is 0.803. The molecule has 0 aromatic carbocycles. The second-order valence-electron chi connectivity index (χ2n) is 6.86. The van der Waals surface area contributed by atoms with Crippen LogP contribution in [0.2, 0.25) is 0 Å². The normalized spacial score (nSPS) is 22.5. The number of hydrogen-bond donors (Lipinski definition) is 2. The van der Waals surface area contributed by atoms with Crippen molar-refractivity contribution in [1.82, 2.24) is 14.5 Å². The van der Waals surface area contributed by atoms with Crippen LogP contribution in [0.15, 0.2) is 17.3 Å². The summed E-state index contributed by atoms with van der Waals surface area (Å²) in [4.78, 5) is 0.225. The Hall–Kier alpha value is -0.960. The first-order valence-electron chi connectivity index (χ1n) is 8.94. The molecule has 0 amide bonds. The van der Waals surface area contributed by atoms with E-state index in [9.17, 15) is 8.42 Å². The van der Waals surface area contributed by atoms with Gasteiger partial charge in [0.1, 0.15) is 4.90 Å². The number of ether oxygens (including phenoxy) is 1. The molecule has 2 aliphatic rings. The van der Waals surface area contributed by atoms with Gasteiger partial charge in [0.15, 0.2) is 0 Å². The van der Waals surface area contributed by atoms with Crippen LogP contribution in [0.25, 0.3) is 0 Å². The molecule has 1 aliphatic heterocycles. The Balaban J connectivity index is 1.68. The maximum Gasteiger partial charge on any atom is 0.243 e. The van der Waals surface area contributed by atoms with Gasteiger partial charge < -0.3 is 10.5 Å². The second-order valence-corrected chi connectivity index (χ2v) is 8.58. The molecular formula is C16H28N4O3S. The minimum absolute atomic E-state index is 0.193. The summed E-state index contributed by atoms with van der Waals surface area (Å²) in [7, 11) is -3.58. The molecule has 1 atom stereocenters. The number of rotatable bonds is 6. The van der Waals surface area contributed by atoms with Gasteiger partial charge in [0.05, 0.1) is 12.2 Å². The molecule has 0 bridgehead atoms. The van der Waals surface area contributed by atoms with Gasteiger partial charge in [-0.3, -0.25) is 4.68 Å². The molecule has 0 spiro atoms. The summed E-state index contributed by atoms with van der Waals surface area (Å²) in [5, 5.41) is 4.26. The first-order valence-corrected chi connectivity index (χ1v) is 10.4. The van der Waals surface area contributed by atoms with E-state index in [1.54, 1.807) is 10.9 Å². The highest BCUT2D eigenvalue weighted by Crippen LogP contribution is 2.27. The third-order valence-electron chi connectivity index (χ3n) is 5.23. The molecule has 1 aliphatic carbocycles. The highest BCUT2D eigenvalue weighted by Gasteiger charge is 2.28. The van der Waals surface area contributed by atoms with Crippen molar-refractivity contribution in [1.29, 1.82) is 0 Å². The average molecular weight is 356 g/mol. The van der Waals surface area contributed by atoms with Crippen LogP contribution in [0.5, 0.6) is 0 Å². The fourth-order valence-electron chi connectivity index (χ4n) is 3.75. The van der Waals surface area contributed by atoms with Gasteiger partial charge in [0.25, 0.3) is 0 Å².